The number of ether oxygens (including phenoxy) is 1. The second-order valence-electron chi connectivity index (χ2n) is 5.65. The van der Waals surface area contributed by atoms with Crippen molar-refractivity contribution in [3.8, 4) is 0 Å². The van der Waals surface area contributed by atoms with Crippen LogP contribution in [-0.4, -0.2) is 38.7 Å². The van der Waals surface area contributed by atoms with Crippen molar-refractivity contribution in [2.45, 2.75) is 43.8 Å². The number of pyridine rings is 1. The van der Waals surface area contributed by atoms with Gasteiger partial charge < -0.3 is 10.1 Å². The van der Waals surface area contributed by atoms with Gasteiger partial charge in [0.05, 0.1) is 12.1 Å². The van der Waals surface area contributed by atoms with Crippen LogP contribution >= 0.6 is 0 Å². The van der Waals surface area contributed by atoms with E-state index in [2.05, 4.69) is 21.9 Å². The van der Waals surface area contributed by atoms with Gasteiger partial charge in [-0.05, 0) is 37.9 Å². The first-order chi connectivity index (χ1) is 9.95. The highest BCUT2D eigenvalue weighted by Gasteiger charge is 2.35. The van der Waals surface area contributed by atoms with Crippen LogP contribution in [0.5, 0.6) is 0 Å². The van der Waals surface area contributed by atoms with Crippen LogP contribution in [0.4, 0.5) is 0 Å². The summed E-state index contributed by atoms with van der Waals surface area (Å²) in [5.74, 6) is 0. The van der Waals surface area contributed by atoms with E-state index in [-0.39, 0.29) is 5.03 Å². The number of sulfonamides is 1. The first-order valence-electron chi connectivity index (χ1n) is 7.22. The van der Waals surface area contributed by atoms with Gasteiger partial charge in [0.25, 0.3) is 10.0 Å². The molecule has 1 fully saturated rings. The molecule has 2 heterocycles. The van der Waals surface area contributed by atoms with Gasteiger partial charge in [-0.1, -0.05) is 13.0 Å². The summed E-state index contributed by atoms with van der Waals surface area (Å²) in [6.45, 7) is 6.54. The van der Waals surface area contributed by atoms with Crippen LogP contribution in [-0.2, 0) is 21.3 Å². The number of aromatic nitrogens is 1. The highest BCUT2D eigenvalue weighted by Crippen LogP contribution is 2.20. The molecular formula is C14H23N3O3S. The zero-order valence-corrected chi connectivity index (χ0v) is 13.4. The lowest BCUT2D eigenvalue weighted by Crippen LogP contribution is -2.46. The summed E-state index contributed by atoms with van der Waals surface area (Å²) in [4.78, 5) is 4.07. The molecule has 0 bridgehead atoms. The minimum atomic E-state index is -3.61. The molecule has 7 heteroatoms. The van der Waals surface area contributed by atoms with E-state index < -0.39 is 15.6 Å². The maximum atomic E-state index is 12.3. The molecule has 0 saturated carbocycles. The quantitative estimate of drug-likeness (QED) is 0.735. The predicted octanol–water partition coefficient (Wildman–Crippen LogP) is 1.04. The van der Waals surface area contributed by atoms with Crippen molar-refractivity contribution in [1.29, 1.82) is 0 Å². The Labute approximate surface area is 126 Å². The highest BCUT2D eigenvalue weighted by atomic mass is 32.2. The highest BCUT2D eigenvalue weighted by molar-refractivity contribution is 7.89. The van der Waals surface area contributed by atoms with Gasteiger partial charge in [0.1, 0.15) is 0 Å². The third kappa shape index (κ3) is 4.47. The van der Waals surface area contributed by atoms with E-state index in [1.165, 1.54) is 0 Å². The van der Waals surface area contributed by atoms with Crippen LogP contribution in [0.1, 0.15) is 32.3 Å². The summed E-state index contributed by atoms with van der Waals surface area (Å²) in [7, 11) is -3.61. The number of hydrogen-bond acceptors (Lipinski definition) is 5. The molecule has 1 aromatic heterocycles. The van der Waals surface area contributed by atoms with Crippen molar-refractivity contribution in [3.05, 3.63) is 23.9 Å². The Morgan fingerprint density at radius 2 is 2.24 bits per heavy atom. The monoisotopic (exact) mass is 313 g/mol. The van der Waals surface area contributed by atoms with E-state index in [1.54, 1.807) is 18.3 Å². The largest absolute Gasteiger partial charge is 0.379 e. The third-order valence-corrected chi connectivity index (χ3v) is 4.98. The Morgan fingerprint density at radius 1 is 1.43 bits per heavy atom. The fourth-order valence-corrected chi connectivity index (χ4v) is 3.56. The van der Waals surface area contributed by atoms with E-state index in [4.69, 9.17) is 4.74 Å². The Kier molecular flexibility index (Phi) is 5.32. The molecule has 1 aliphatic rings. The summed E-state index contributed by atoms with van der Waals surface area (Å²) < 4.78 is 32.6. The van der Waals surface area contributed by atoms with Crippen LogP contribution in [0.25, 0.3) is 0 Å². The molecule has 1 aromatic rings. The van der Waals surface area contributed by atoms with Gasteiger partial charge >= 0.3 is 0 Å². The Balaban J connectivity index is 2.03. The zero-order chi connectivity index (χ0) is 15.3. The minimum Gasteiger partial charge on any atom is -0.379 e. The molecular weight excluding hydrogens is 290 g/mol. The maximum absolute atomic E-state index is 12.3. The average molecular weight is 313 g/mol. The van der Waals surface area contributed by atoms with E-state index in [9.17, 15) is 8.42 Å². The Hall–Kier alpha value is -1.02. The van der Waals surface area contributed by atoms with E-state index in [1.807, 2.05) is 6.92 Å². The second kappa shape index (κ2) is 6.83. The topological polar surface area (TPSA) is 80.3 Å². The zero-order valence-electron chi connectivity index (χ0n) is 12.6. The molecule has 0 spiro atoms. The number of rotatable bonds is 7. The number of nitrogens with one attached hydrogen (secondary N) is 2. The predicted molar refractivity (Wildman–Crippen MR) is 80.4 cm³/mol. The molecule has 2 rings (SSSR count). The molecule has 118 valence electrons. The van der Waals surface area contributed by atoms with E-state index >= 15 is 0 Å². The minimum absolute atomic E-state index is 0.0508. The van der Waals surface area contributed by atoms with Crippen LogP contribution in [0, 0.1) is 0 Å². The van der Waals surface area contributed by atoms with Crippen LogP contribution in [0.3, 0.4) is 0 Å². The SMILES string of the molecule is CCCNCc1ccc(S(=O)(=O)NC2(C)CCOC2)nc1. The maximum Gasteiger partial charge on any atom is 0.258 e. The molecule has 0 amide bonds. The Morgan fingerprint density at radius 3 is 2.81 bits per heavy atom. The molecule has 2 N–H and O–H groups in total. The number of hydrogen-bond donors (Lipinski definition) is 2. The van der Waals surface area contributed by atoms with Crippen molar-refractivity contribution in [1.82, 2.24) is 15.0 Å². The molecule has 0 aromatic carbocycles. The smallest absolute Gasteiger partial charge is 0.258 e. The van der Waals surface area contributed by atoms with Gasteiger partial charge in [-0.25, -0.2) is 18.1 Å². The van der Waals surface area contributed by atoms with Crippen molar-refractivity contribution in [2.75, 3.05) is 19.8 Å². The summed E-state index contributed by atoms with van der Waals surface area (Å²) in [6, 6.07) is 3.34. The van der Waals surface area contributed by atoms with E-state index in [0.717, 1.165) is 18.5 Å². The van der Waals surface area contributed by atoms with Gasteiger partial charge in [-0.3, -0.25) is 0 Å². The van der Waals surface area contributed by atoms with Crippen molar-refractivity contribution in [3.63, 3.8) is 0 Å². The van der Waals surface area contributed by atoms with Crippen LogP contribution < -0.4 is 10.0 Å². The van der Waals surface area contributed by atoms with E-state index in [0.29, 0.717) is 26.2 Å². The lowest BCUT2D eigenvalue weighted by Gasteiger charge is -2.22. The number of nitrogens with zero attached hydrogens (tertiary/aromatic N) is 1. The molecule has 1 saturated heterocycles. The van der Waals surface area contributed by atoms with Crippen molar-refractivity contribution < 1.29 is 13.2 Å². The standard InChI is InChI=1S/C14H23N3O3S/c1-3-7-15-9-12-4-5-13(16-10-12)21(18,19)17-14(2)6-8-20-11-14/h4-5,10,15,17H,3,6-9,11H2,1-2H3. The summed E-state index contributed by atoms with van der Waals surface area (Å²) in [5, 5.41) is 3.30. The van der Waals surface area contributed by atoms with Gasteiger partial charge in [-0.15, -0.1) is 0 Å². The fourth-order valence-electron chi connectivity index (χ4n) is 2.21. The van der Waals surface area contributed by atoms with Gasteiger partial charge in [0, 0.05) is 19.3 Å². The lowest BCUT2D eigenvalue weighted by molar-refractivity contribution is 0.178. The van der Waals surface area contributed by atoms with Gasteiger partial charge in [-0.2, -0.15) is 0 Å². The normalized spacial score (nSPS) is 22.6. The lowest BCUT2D eigenvalue weighted by atomic mass is 10.0. The van der Waals surface area contributed by atoms with Crippen LogP contribution in [0.15, 0.2) is 23.4 Å². The molecule has 1 aliphatic heterocycles. The molecule has 1 atom stereocenters. The average Bonchev–Trinajstić information content (AvgIpc) is 2.85. The Bertz CT molecular complexity index is 551. The van der Waals surface area contributed by atoms with Gasteiger partial charge in [0.2, 0.25) is 0 Å². The van der Waals surface area contributed by atoms with Crippen molar-refractivity contribution >= 4 is 10.0 Å². The molecule has 21 heavy (non-hydrogen) atoms. The van der Waals surface area contributed by atoms with Crippen LogP contribution in [0.2, 0.25) is 0 Å². The summed E-state index contributed by atoms with van der Waals surface area (Å²) in [5.41, 5.74) is 0.430. The third-order valence-electron chi connectivity index (χ3n) is 3.43. The first kappa shape index (κ1) is 16.4. The first-order valence-corrected chi connectivity index (χ1v) is 8.71. The van der Waals surface area contributed by atoms with Crippen molar-refractivity contribution in [2.24, 2.45) is 0 Å². The second-order valence-corrected chi connectivity index (χ2v) is 7.28. The molecule has 0 aliphatic carbocycles. The molecule has 0 radical (unpaired) electrons. The fraction of sp³-hybridized carbons (Fsp3) is 0.643. The summed E-state index contributed by atoms with van der Waals surface area (Å²) >= 11 is 0. The molecule has 1 unspecified atom stereocenters. The summed E-state index contributed by atoms with van der Waals surface area (Å²) in [6.07, 6.45) is 3.33. The van der Waals surface area contributed by atoms with Gasteiger partial charge in [0.15, 0.2) is 5.03 Å². The molecule has 6 nitrogen and oxygen atoms in total.